The molecule has 1 N–H and O–H groups in total. The molecular weight excluding hydrogens is 304 g/mol. The third kappa shape index (κ3) is 2.86. The zero-order valence-electron chi connectivity index (χ0n) is 13.6. The first-order valence-corrected chi connectivity index (χ1v) is 8.07. The van der Waals surface area contributed by atoms with Gasteiger partial charge < -0.3 is 19.4 Å². The van der Waals surface area contributed by atoms with E-state index < -0.39 is 0 Å². The molecule has 0 bridgehead atoms. The van der Waals surface area contributed by atoms with Gasteiger partial charge in [0.25, 0.3) is 0 Å². The van der Waals surface area contributed by atoms with Crippen molar-refractivity contribution >= 4 is 11.0 Å². The fraction of sp³-hybridized carbons (Fsp3) is 0.333. The van der Waals surface area contributed by atoms with Gasteiger partial charge in [0.1, 0.15) is 18.2 Å². The number of ether oxygens (including phenoxy) is 2. The number of methoxy groups -OCH3 is 1. The number of aromatic nitrogens is 3. The smallest absolute Gasteiger partial charge is 0.136 e. The second-order valence-corrected chi connectivity index (χ2v) is 5.91. The van der Waals surface area contributed by atoms with Gasteiger partial charge in [-0.25, -0.2) is 4.98 Å². The fourth-order valence-electron chi connectivity index (χ4n) is 3.16. The predicted octanol–water partition coefficient (Wildman–Crippen LogP) is 2.30. The SMILES string of the molecule is COc1ccc2nc3n(c2c1)[C@@H](CNCc1cccnc1)COC3. The average Bonchev–Trinajstić information content (AvgIpc) is 3.01. The van der Waals surface area contributed by atoms with Gasteiger partial charge in [-0.2, -0.15) is 0 Å². The molecule has 1 aromatic carbocycles. The molecule has 6 heteroatoms. The lowest BCUT2D eigenvalue weighted by Gasteiger charge is -2.26. The average molecular weight is 324 g/mol. The molecule has 0 fully saturated rings. The van der Waals surface area contributed by atoms with E-state index in [1.165, 1.54) is 5.56 Å². The molecule has 0 aliphatic carbocycles. The summed E-state index contributed by atoms with van der Waals surface area (Å²) < 4.78 is 13.4. The highest BCUT2D eigenvalue weighted by atomic mass is 16.5. The van der Waals surface area contributed by atoms with Crippen molar-refractivity contribution in [3.8, 4) is 5.75 Å². The van der Waals surface area contributed by atoms with Gasteiger partial charge in [-0.1, -0.05) is 6.07 Å². The van der Waals surface area contributed by atoms with E-state index in [4.69, 9.17) is 9.47 Å². The van der Waals surface area contributed by atoms with Gasteiger partial charge >= 0.3 is 0 Å². The minimum Gasteiger partial charge on any atom is -0.497 e. The summed E-state index contributed by atoms with van der Waals surface area (Å²) >= 11 is 0. The van der Waals surface area contributed by atoms with E-state index in [1.807, 2.05) is 30.5 Å². The molecule has 124 valence electrons. The molecule has 0 spiro atoms. The topological polar surface area (TPSA) is 61.2 Å². The van der Waals surface area contributed by atoms with Crippen molar-refractivity contribution in [3.63, 3.8) is 0 Å². The van der Waals surface area contributed by atoms with Crippen LogP contribution in [0.4, 0.5) is 0 Å². The number of imidazole rings is 1. The van der Waals surface area contributed by atoms with Crippen molar-refractivity contribution < 1.29 is 9.47 Å². The highest BCUT2D eigenvalue weighted by molar-refractivity contribution is 5.78. The van der Waals surface area contributed by atoms with E-state index in [-0.39, 0.29) is 6.04 Å². The van der Waals surface area contributed by atoms with Crippen LogP contribution in [-0.4, -0.2) is 34.8 Å². The Bertz CT molecular complexity index is 832. The third-order valence-electron chi connectivity index (χ3n) is 4.31. The van der Waals surface area contributed by atoms with Gasteiger partial charge in [0, 0.05) is 31.5 Å². The maximum absolute atomic E-state index is 5.73. The zero-order chi connectivity index (χ0) is 16.4. The molecule has 1 aliphatic rings. The van der Waals surface area contributed by atoms with Crippen LogP contribution in [0.15, 0.2) is 42.7 Å². The van der Waals surface area contributed by atoms with Gasteiger partial charge in [-0.15, -0.1) is 0 Å². The number of nitrogens with zero attached hydrogens (tertiary/aromatic N) is 3. The van der Waals surface area contributed by atoms with Crippen LogP contribution in [0.1, 0.15) is 17.4 Å². The standard InChI is InChI=1S/C18H20N4O2/c1-23-15-4-5-16-17(7-15)22-14(11-24-12-18(22)21-16)10-20-9-13-3-2-6-19-8-13/h2-8,14,20H,9-12H2,1H3/t14-/m0/s1. The maximum atomic E-state index is 5.73. The maximum Gasteiger partial charge on any atom is 0.136 e. The Hall–Kier alpha value is -2.44. The molecule has 0 amide bonds. The van der Waals surface area contributed by atoms with Crippen molar-refractivity contribution in [1.82, 2.24) is 19.9 Å². The van der Waals surface area contributed by atoms with Crippen LogP contribution in [0, 0.1) is 0 Å². The van der Waals surface area contributed by atoms with Gasteiger partial charge in [-0.05, 0) is 23.8 Å². The summed E-state index contributed by atoms with van der Waals surface area (Å²) in [5.41, 5.74) is 3.25. The molecule has 0 saturated heterocycles. The van der Waals surface area contributed by atoms with Gasteiger partial charge in [0.2, 0.25) is 0 Å². The number of hydrogen-bond donors (Lipinski definition) is 1. The molecule has 0 radical (unpaired) electrons. The Morgan fingerprint density at radius 2 is 2.33 bits per heavy atom. The minimum atomic E-state index is 0.211. The second kappa shape index (κ2) is 6.59. The summed E-state index contributed by atoms with van der Waals surface area (Å²) in [5, 5.41) is 3.50. The predicted molar refractivity (Wildman–Crippen MR) is 90.9 cm³/mol. The monoisotopic (exact) mass is 324 g/mol. The van der Waals surface area contributed by atoms with E-state index in [2.05, 4.69) is 25.9 Å². The van der Waals surface area contributed by atoms with Crippen molar-refractivity contribution in [1.29, 1.82) is 0 Å². The lowest BCUT2D eigenvalue weighted by Crippen LogP contribution is -2.32. The minimum absolute atomic E-state index is 0.211. The lowest BCUT2D eigenvalue weighted by atomic mass is 10.2. The van der Waals surface area contributed by atoms with Crippen LogP contribution in [0.3, 0.4) is 0 Å². The molecule has 1 aliphatic heterocycles. The van der Waals surface area contributed by atoms with E-state index in [1.54, 1.807) is 13.3 Å². The molecule has 2 aromatic heterocycles. The third-order valence-corrected chi connectivity index (χ3v) is 4.31. The van der Waals surface area contributed by atoms with Crippen LogP contribution < -0.4 is 10.1 Å². The molecular formula is C18H20N4O2. The van der Waals surface area contributed by atoms with Gasteiger partial charge in [0.05, 0.1) is 30.8 Å². The summed E-state index contributed by atoms with van der Waals surface area (Å²) in [6.45, 7) is 2.83. The van der Waals surface area contributed by atoms with Crippen molar-refractivity contribution in [3.05, 3.63) is 54.1 Å². The summed E-state index contributed by atoms with van der Waals surface area (Å²) in [7, 11) is 1.69. The van der Waals surface area contributed by atoms with Crippen LogP contribution in [0.5, 0.6) is 5.75 Å². The first-order valence-electron chi connectivity index (χ1n) is 8.07. The summed E-state index contributed by atoms with van der Waals surface area (Å²) in [5.74, 6) is 1.82. The first kappa shape index (κ1) is 15.1. The summed E-state index contributed by atoms with van der Waals surface area (Å²) in [4.78, 5) is 8.83. The Morgan fingerprint density at radius 3 is 3.17 bits per heavy atom. The van der Waals surface area contributed by atoms with E-state index >= 15 is 0 Å². The van der Waals surface area contributed by atoms with Gasteiger partial charge in [0.15, 0.2) is 0 Å². The summed E-state index contributed by atoms with van der Waals surface area (Å²) in [6, 6.07) is 10.2. The van der Waals surface area contributed by atoms with E-state index in [0.29, 0.717) is 13.2 Å². The fourth-order valence-corrected chi connectivity index (χ4v) is 3.16. The van der Waals surface area contributed by atoms with Crippen molar-refractivity contribution in [2.45, 2.75) is 19.2 Å². The number of nitrogens with one attached hydrogen (secondary N) is 1. The van der Waals surface area contributed by atoms with E-state index in [9.17, 15) is 0 Å². The number of pyridine rings is 1. The molecule has 3 aromatic rings. The second-order valence-electron chi connectivity index (χ2n) is 5.91. The number of fused-ring (bicyclic) bond motifs is 3. The first-order chi connectivity index (χ1) is 11.8. The van der Waals surface area contributed by atoms with Crippen LogP contribution in [-0.2, 0) is 17.9 Å². The Balaban J connectivity index is 1.56. The van der Waals surface area contributed by atoms with Gasteiger partial charge in [-0.3, -0.25) is 4.98 Å². The highest BCUT2D eigenvalue weighted by Crippen LogP contribution is 2.28. The number of rotatable bonds is 5. The van der Waals surface area contributed by atoms with Crippen molar-refractivity contribution in [2.24, 2.45) is 0 Å². The Morgan fingerprint density at radius 1 is 1.38 bits per heavy atom. The number of benzene rings is 1. The van der Waals surface area contributed by atoms with Crippen LogP contribution in [0.25, 0.3) is 11.0 Å². The number of hydrogen-bond acceptors (Lipinski definition) is 5. The quantitative estimate of drug-likeness (QED) is 0.780. The van der Waals surface area contributed by atoms with Crippen molar-refractivity contribution in [2.75, 3.05) is 20.3 Å². The summed E-state index contributed by atoms with van der Waals surface area (Å²) in [6.07, 6.45) is 3.67. The van der Waals surface area contributed by atoms with Crippen LogP contribution >= 0.6 is 0 Å². The zero-order valence-corrected chi connectivity index (χ0v) is 13.6. The Kier molecular flexibility index (Phi) is 4.15. The van der Waals surface area contributed by atoms with E-state index in [0.717, 1.165) is 35.7 Å². The molecule has 4 rings (SSSR count). The normalized spacial score (nSPS) is 17.0. The molecule has 0 saturated carbocycles. The van der Waals surface area contributed by atoms with Crippen LogP contribution in [0.2, 0.25) is 0 Å². The molecule has 24 heavy (non-hydrogen) atoms. The lowest BCUT2D eigenvalue weighted by molar-refractivity contribution is 0.0564. The Labute approximate surface area is 140 Å². The highest BCUT2D eigenvalue weighted by Gasteiger charge is 2.24. The molecule has 0 unspecified atom stereocenters. The largest absolute Gasteiger partial charge is 0.497 e. The molecule has 3 heterocycles. The molecule has 6 nitrogen and oxygen atoms in total. The molecule has 1 atom stereocenters.